The van der Waals surface area contributed by atoms with Crippen molar-refractivity contribution in [3.05, 3.63) is 35.4 Å². The van der Waals surface area contributed by atoms with Crippen molar-refractivity contribution in [1.29, 1.82) is 0 Å². The third kappa shape index (κ3) is 2.96. The van der Waals surface area contributed by atoms with Gasteiger partial charge in [-0.3, -0.25) is 0 Å². The molecule has 0 aromatic heterocycles. The van der Waals surface area contributed by atoms with Crippen molar-refractivity contribution in [1.82, 2.24) is 0 Å². The fraction of sp³-hybridized carbons (Fsp3) is 0.455. The smallest absolute Gasteiger partial charge is 0.0370 e. The number of thiol groups is 1. The zero-order valence-electron chi connectivity index (χ0n) is 8.32. The molecule has 13 heavy (non-hydrogen) atoms. The van der Waals surface area contributed by atoms with Gasteiger partial charge < -0.3 is 0 Å². The van der Waals surface area contributed by atoms with Crippen LogP contribution in [0.4, 0.5) is 0 Å². The van der Waals surface area contributed by atoms with Gasteiger partial charge in [-0.15, -0.1) is 11.7 Å². The predicted octanol–water partition coefficient (Wildman–Crippen LogP) is 4.45. The molecule has 0 fully saturated rings. The van der Waals surface area contributed by atoms with E-state index in [0.29, 0.717) is 11.2 Å². The average molecular weight is 212 g/mol. The lowest BCUT2D eigenvalue weighted by Gasteiger charge is -2.10. The quantitative estimate of drug-likeness (QED) is 0.570. The van der Waals surface area contributed by atoms with Crippen LogP contribution >= 0.6 is 22.5 Å². The lowest BCUT2D eigenvalue weighted by Crippen LogP contribution is -1.89. The maximum absolute atomic E-state index is 4.21. The zero-order chi connectivity index (χ0) is 9.84. The van der Waals surface area contributed by atoms with Crippen LogP contribution in [0.3, 0.4) is 0 Å². The van der Waals surface area contributed by atoms with E-state index in [0.717, 1.165) is 0 Å². The third-order valence-corrected chi connectivity index (χ3v) is 3.77. The lowest BCUT2D eigenvalue weighted by molar-refractivity contribution is 0.864. The van der Waals surface area contributed by atoms with Crippen LogP contribution in [-0.2, 0) is 0 Å². The zero-order valence-corrected chi connectivity index (χ0v) is 10.0. The van der Waals surface area contributed by atoms with Crippen molar-refractivity contribution in [2.75, 3.05) is 0 Å². The van der Waals surface area contributed by atoms with Gasteiger partial charge >= 0.3 is 0 Å². The minimum atomic E-state index is 0.476. The largest absolute Gasteiger partial charge is 0.111 e. The van der Waals surface area contributed by atoms with E-state index in [-0.39, 0.29) is 0 Å². The van der Waals surface area contributed by atoms with Gasteiger partial charge in [-0.05, 0) is 24.0 Å². The van der Waals surface area contributed by atoms with Crippen LogP contribution in [0, 0.1) is 0 Å². The van der Waals surface area contributed by atoms with Gasteiger partial charge in [0.1, 0.15) is 0 Å². The van der Waals surface area contributed by atoms with Crippen molar-refractivity contribution in [2.24, 2.45) is 0 Å². The standard InChI is InChI=1S/C11H16S2/c1-8(2)10-4-6-11(7-5-10)9(3)13-12/h4-9,12H,1-3H3. The highest BCUT2D eigenvalue weighted by Crippen LogP contribution is 2.31. The summed E-state index contributed by atoms with van der Waals surface area (Å²) in [6.45, 7) is 6.60. The molecule has 0 aliphatic heterocycles. The predicted molar refractivity (Wildman–Crippen MR) is 65.5 cm³/mol. The van der Waals surface area contributed by atoms with Crippen LogP contribution < -0.4 is 0 Å². The Morgan fingerprint density at radius 1 is 1.00 bits per heavy atom. The molecule has 0 nitrogen and oxygen atoms in total. The minimum absolute atomic E-state index is 0.476. The van der Waals surface area contributed by atoms with Crippen LogP contribution in [-0.4, -0.2) is 0 Å². The van der Waals surface area contributed by atoms with Crippen LogP contribution in [0.15, 0.2) is 24.3 Å². The van der Waals surface area contributed by atoms with E-state index < -0.39 is 0 Å². The first-order chi connectivity index (χ1) is 6.15. The summed E-state index contributed by atoms with van der Waals surface area (Å²) >= 11 is 4.21. The summed E-state index contributed by atoms with van der Waals surface area (Å²) in [6.07, 6.45) is 0. The molecule has 2 heteroatoms. The Morgan fingerprint density at radius 2 is 1.46 bits per heavy atom. The van der Waals surface area contributed by atoms with Crippen molar-refractivity contribution in [2.45, 2.75) is 31.9 Å². The van der Waals surface area contributed by atoms with Crippen LogP contribution in [0.1, 0.15) is 43.1 Å². The van der Waals surface area contributed by atoms with Gasteiger partial charge in [0.05, 0.1) is 0 Å². The first kappa shape index (κ1) is 11.0. The van der Waals surface area contributed by atoms with E-state index in [1.54, 1.807) is 10.8 Å². The molecule has 1 unspecified atom stereocenters. The second-order valence-corrected chi connectivity index (χ2v) is 5.12. The molecule has 0 N–H and O–H groups in total. The van der Waals surface area contributed by atoms with E-state index in [9.17, 15) is 0 Å². The first-order valence-electron chi connectivity index (χ1n) is 4.55. The molecule has 1 rings (SSSR count). The Hall–Kier alpha value is -0.0800. The molecule has 0 bridgehead atoms. The van der Waals surface area contributed by atoms with Gasteiger partial charge in [0.25, 0.3) is 0 Å². The highest BCUT2D eigenvalue weighted by Gasteiger charge is 2.04. The van der Waals surface area contributed by atoms with Crippen LogP contribution in [0.2, 0.25) is 0 Å². The maximum Gasteiger partial charge on any atom is 0.0370 e. The number of hydrogen-bond acceptors (Lipinski definition) is 2. The summed E-state index contributed by atoms with van der Waals surface area (Å²) in [5.74, 6) is 0.619. The summed E-state index contributed by atoms with van der Waals surface area (Å²) < 4.78 is 0. The van der Waals surface area contributed by atoms with Crippen LogP contribution in [0.5, 0.6) is 0 Å². The maximum atomic E-state index is 4.21. The molecule has 72 valence electrons. The summed E-state index contributed by atoms with van der Waals surface area (Å²) in [6, 6.07) is 8.81. The molecule has 0 saturated carbocycles. The van der Waals surface area contributed by atoms with Crippen molar-refractivity contribution in [3.63, 3.8) is 0 Å². The topological polar surface area (TPSA) is 0 Å². The Balaban J connectivity index is 2.81. The van der Waals surface area contributed by atoms with Gasteiger partial charge in [-0.25, -0.2) is 0 Å². The third-order valence-electron chi connectivity index (χ3n) is 2.23. The van der Waals surface area contributed by atoms with E-state index in [2.05, 4.69) is 56.7 Å². The van der Waals surface area contributed by atoms with Gasteiger partial charge in [0.2, 0.25) is 0 Å². The number of rotatable bonds is 3. The second kappa shape index (κ2) is 4.97. The van der Waals surface area contributed by atoms with E-state index in [4.69, 9.17) is 0 Å². The summed E-state index contributed by atoms with van der Waals surface area (Å²) in [5.41, 5.74) is 2.75. The monoisotopic (exact) mass is 212 g/mol. The fourth-order valence-corrected chi connectivity index (χ4v) is 1.86. The van der Waals surface area contributed by atoms with Crippen molar-refractivity contribution < 1.29 is 0 Å². The Labute approximate surface area is 89.9 Å². The Morgan fingerprint density at radius 3 is 1.85 bits per heavy atom. The van der Waals surface area contributed by atoms with Crippen LogP contribution in [0.25, 0.3) is 0 Å². The Kier molecular flexibility index (Phi) is 4.20. The summed E-state index contributed by atoms with van der Waals surface area (Å²) in [7, 11) is 1.59. The van der Waals surface area contributed by atoms with E-state index >= 15 is 0 Å². The molecule has 1 atom stereocenters. The van der Waals surface area contributed by atoms with Gasteiger partial charge in [0, 0.05) is 5.25 Å². The highest BCUT2D eigenvalue weighted by molar-refractivity contribution is 8.68. The van der Waals surface area contributed by atoms with E-state index in [1.807, 2.05) is 0 Å². The van der Waals surface area contributed by atoms with Gasteiger partial charge in [-0.1, -0.05) is 48.9 Å². The molecule has 0 heterocycles. The molecule has 1 aromatic rings. The molecule has 0 aliphatic rings. The van der Waals surface area contributed by atoms with Gasteiger partial charge in [0.15, 0.2) is 0 Å². The van der Waals surface area contributed by atoms with E-state index in [1.165, 1.54) is 11.1 Å². The number of benzene rings is 1. The van der Waals surface area contributed by atoms with Crippen molar-refractivity contribution in [3.8, 4) is 0 Å². The molecular weight excluding hydrogens is 196 g/mol. The first-order valence-corrected chi connectivity index (χ1v) is 6.48. The Bertz CT molecular complexity index is 251. The summed E-state index contributed by atoms with van der Waals surface area (Å²) in [4.78, 5) is 0. The van der Waals surface area contributed by atoms with Gasteiger partial charge in [-0.2, -0.15) is 0 Å². The molecule has 0 aliphatic carbocycles. The summed E-state index contributed by atoms with van der Waals surface area (Å²) in [5, 5.41) is 0.476. The molecule has 1 aromatic carbocycles. The lowest BCUT2D eigenvalue weighted by atomic mass is 10.0. The molecule has 0 radical (unpaired) electrons. The SMILES string of the molecule is CC(C)c1ccc(C(C)SS)cc1. The molecule has 0 spiro atoms. The normalized spacial score (nSPS) is 13.3. The molecular formula is C11H16S2. The fourth-order valence-electron chi connectivity index (χ4n) is 1.21. The second-order valence-electron chi connectivity index (χ2n) is 3.57. The number of hydrogen-bond donors (Lipinski definition) is 1. The molecule has 0 saturated heterocycles. The average Bonchev–Trinajstić information content (AvgIpc) is 2.17. The highest BCUT2D eigenvalue weighted by atomic mass is 33.1. The van der Waals surface area contributed by atoms with Crippen molar-refractivity contribution >= 4 is 22.5 Å². The molecule has 0 amide bonds. The minimum Gasteiger partial charge on any atom is -0.111 e.